The third-order valence-electron chi connectivity index (χ3n) is 8.16. The molecule has 0 bridgehead atoms. The van der Waals surface area contributed by atoms with Crippen LogP contribution in [0.1, 0.15) is 66.4 Å². The molecule has 3 aromatic rings. The molecule has 2 aromatic carbocycles. The summed E-state index contributed by atoms with van der Waals surface area (Å²) in [5, 5.41) is 19.9. The second kappa shape index (κ2) is 10.2. The number of rotatable bonds is 6. The lowest BCUT2D eigenvalue weighted by Gasteiger charge is -2.41. The van der Waals surface area contributed by atoms with E-state index >= 15 is 0 Å². The number of fused-ring (bicyclic) bond motifs is 1. The Hall–Kier alpha value is -3.34. The first-order chi connectivity index (χ1) is 17.8. The number of carboxylic acid groups (broad SMARTS) is 1. The van der Waals surface area contributed by atoms with Crippen molar-refractivity contribution in [2.24, 2.45) is 0 Å². The molecule has 2 saturated heterocycles. The quantitative estimate of drug-likeness (QED) is 0.497. The number of furan rings is 1. The number of benzene rings is 2. The van der Waals surface area contributed by atoms with Gasteiger partial charge in [-0.25, -0.2) is 4.79 Å². The van der Waals surface area contributed by atoms with Gasteiger partial charge in [0.15, 0.2) is 0 Å². The van der Waals surface area contributed by atoms with Crippen molar-refractivity contribution < 1.29 is 19.1 Å². The van der Waals surface area contributed by atoms with Gasteiger partial charge in [0.2, 0.25) is 0 Å². The molecule has 1 aromatic heterocycles. The Labute approximate surface area is 218 Å². The summed E-state index contributed by atoms with van der Waals surface area (Å²) in [6, 6.07) is 14.1. The van der Waals surface area contributed by atoms with E-state index in [9.17, 15) is 15.2 Å². The zero-order chi connectivity index (χ0) is 26.2. The number of piperidine rings is 1. The minimum Gasteiger partial charge on any atom is -0.478 e. The molecule has 0 spiro atoms. The van der Waals surface area contributed by atoms with Crippen molar-refractivity contribution in [2.75, 3.05) is 44.3 Å². The van der Waals surface area contributed by atoms with Crippen LogP contribution in [0.15, 0.2) is 40.8 Å². The fourth-order valence-electron chi connectivity index (χ4n) is 5.91. The molecule has 3 heterocycles. The molecule has 5 rings (SSSR count). The van der Waals surface area contributed by atoms with E-state index in [0.717, 1.165) is 64.2 Å². The van der Waals surface area contributed by atoms with Gasteiger partial charge in [0, 0.05) is 48.7 Å². The smallest absolute Gasteiger partial charge is 0.339 e. The molecule has 7 nitrogen and oxygen atoms in total. The number of aromatic carboxylic acids is 1. The molecule has 2 aliphatic rings. The number of aryl methyl sites for hydroxylation is 1. The van der Waals surface area contributed by atoms with Crippen molar-refractivity contribution in [3.63, 3.8) is 0 Å². The minimum absolute atomic E-state index is 0.164. The Bertz CT molecular complexity index is 1340. The Balaban J connectivity index is 1.48. The van der Waals surface area contributed by atoms with Crippen LogP contribution in [0.5, 0.6) is 0 Å². The van der Waals surface area contributed by atoms with E-state index in [2.05, 4.69) is 41.0 Å². The summed E-state index contributed by atoms with van der Waals surface area (Å²) in [4.78, 5) is 17.4. The maximum absolute atomic E-state index is 12.4. The van der Waals surface area contributed by atoms with Crippen molar-refractivity contribution in [3.05, 3.63) is 64.4 Å². The van der Waals surface area contributed by atoms with E-state index in [0.29, 0.717) is 28.3 Å². The summed E-state index contributed by atoms with van der Waals surface area (Å²) in [7, 11) is 0. The van der Waals surface area contributed by atoms with E-state index in [4.69, 9.17) is 9.15 Å². The first-order valence-electron chi connectivity index (χ1n) is 13.2. The van der Waals surface area contributed by atoms with Crippen molar-refractivity contribution in [3.8, 4) is 6.07 Å². The second-order valence-electron chi connectivity index (χ2n) is 10.6. The lowest BCUT2D eigenvalue weighted by Crippen LogP contribution is -2.49. The van der Waals surface area contributed by atoms with E-state index in [-0.39, 0.29) is 5.56 Å². The molecule has 0 aliphatic carbocycles. The van der Waals surface area contributed by atoms with Gasteiger partial charge in [-0.2, -0.15) is 5.26 Å². The molecule has 0 atom stereocenters. The first kappa shape index (κ1) is 25.3. The van der Waals surface area contributed by atoms with Gasteiger partial charge < -0.3 is 19.2 Å². The van der Waals surface area contributed by atoms with Gasteiger partial charge in [-0.05, 0) is 68.5 Å². The molecule has 0 radical (unpaired) electrons. The molecule has 7 heteroatoms. The van der Waals surface area contributed by atoms with Crippen LogP contribution in [0.4, 0.5) is 5.69 Å². The number of morpholine rings is 1. The van der Waals surface area contributed by atoms with Gasteiger partial charge >= 0.3 is 5.97 Å². The number of ether oxygens (including phenoxy) is 1. The number of anilines is 1. The zero-order valence-electron chi connectivity index (χ0n) is 21.9. The Morgan fingerprint density at radius 1 is 1.11 bits per heavy atom. The van der Waals surface area contributed by atoms with Crippen molar-refractivity contribution in [1.82, 2.24) is 4.90 Å². The molecule has 1 N–H and O–H groups in total. The highest BCUT2D eigenvalue weighted by Crippen LogP contribution is 2.41. The van der Waals surface area contributed by atoms with Gasteiger partial charge in [0.1, 0.15) is 16.9 Å². The molecular formula is C30H35N3O4. The molecule has 2 aliphatic heterocycles. The number of nitrogens with zero attached hydrogens (tertiary/aromatic N) is 3. The summed E-state index contributed by atoms with van der Waals surface area (Å²) in [6.07, 6.45) is 3.19. The normalized spacial score (nSPS) is 17.7. The number of hydrogen-bond donors (Lipinski definition) is 1. The second-order valence-corrected chi connectivity index (χ2v) is 10.6. The van der Waals surface area contributed by atoms with Crippen LogP contribution in [-0.2, 0) is 16.6 Å². The van der Waals surface area contributed by atoms with E-state index in [1.807, 2.05) is 13.8 Å². The fourth-order valence-corrected chi connectivity index (χ4v) is 5.91. The molecule has 0 amide bonds. The Kier molecular flexibility index (Phi) is 6.98. The third-order valence-corrected chi connectivity index (χ3v) is 8.16. The largest absolute Gasteiger partial charge is 0.478 e. The van der Waals surface area contributed by atoms with Crippen LogP contribution >= 0.6 is 0 Å². The summed E-state index contributed by atoms with van der Waals surface area (Å²) in [5.41, 5.74) is 3.88. The highest BCUT2D eigenvalue weighted by molar-refractivity contribution is 6.04. The van der Waals surface area contributed by atoms with Crippen molar-refractivity contribution in [2.45, 2.75) is 51.5 Å². The van der Waals surface area contributed by atoms with E-state index < -0.39 is 11.4 Å². The van der Waals surface area contributed by atoms with Gasteiger partial charge in [0.25, 0.3) is 0 Å². The summed E-state index contributed by atoms with van der Waals surface area (Å²) < 4.78 is 11.7. The molecule has 0 saturated carbocycles. The van der Waals surface area contributed by atoms with Gasteiger partial charge in [-0.3, -0.25) is 4.90 Å². The number of carbonyl (C=O) groups is 1. The van der Waals surface area contributed by atoms with Crippen LogP contribution < -0.4 is 4.90 Å². The van der Waals surface area contributed by atoms with Crippen molar-refractivity contribution >= 4 is 22.6 Å². The average Bonchev–Trinajstić information content (AvgIpc) is 3.33. The lowest BCUT2D eigenvalue weighted by molar-refractivity contribution is 0.0115. The predicted molar refractivity (Wildman–Crippen MR) is 143 cm³/mol. The lowest BCUT2D eigenvalue weighted by atomic mass is 9.79. The SMILES string of the molecule is CCc1ccc(C(C)(C)c2oc3cc(C#N)ccc3c2C(=O)O)cc1N1CCC(N2CCOCC2)CC1. The highest BCUT2D eigenvalue weighted by atomic mass is 16.5. The number of hydrogen-bond acceptors (Lipinski definition) is 6. The van der Waals surface area contributed by atoms with Crippen LogP contribution in [0, 0.1) is 11.3 Å². The molecular weight excluding hydrogens is 466 g/mol. The molecule has 2 fully saturated rings. The first-order valence-corrected chi connectivity index (χ1v) is 13.2. The fraction of sp³-hybridized carbons (Fsp3) is 0.467. The molecule has 37 heavy (non-hydrogen) atoms. The number of nitriles is 1. The monoisotopic (exact) mass is 501 g/mol. The molecule has 0 unspecified atom stereocenters. The minimum atomic E-state index is -1.03. The summed E-state index contributed by atoms with van der Waals surface area (Å²) in [6.45, 7) is 11.9. The highest BCUT2D eigenvalue weighted by Gasteiger charge is 2.35. The summed E-state index contributed by atoms with van der Waals surface area (Å²) >= 11 is 0. The average molecular weight is 502 g/mol. The standard InChI is InChI=1S/C30H35N3O4/c1-4-21-6-7-22(18-25(21)33-11-9-23(10-12-33)32-13-15-36-16-14-32)30(2,3)28-27(29(34)35)24-8-5-20(19-31)17-26(24)37-28/h5-8,17-18,23H,4,9-16H2,1-3H3,(H,34,35). The summed E-state index contributed by atoms with van der Waals surface area (Å²) in [5.74, 6) is -0.617. The van der Waals surface area contributed by atoms with Crippen molar-refractivity contribution in [1.29, 1.82) is 5.26 Å². The Morgan fingerprint density at radius 2 is 1.84 bits per heavy atom. The van der Waals surface area contributed by atoms with Crippen LogP contribution in [0.25, 0.3) is 11.0 Å². The van der Waals surface area contributed by atoms with Gasteiger partial charge in [-0.15, -0.1) is 0 Å². The zero-order valence-corrected chi connectivity index (χ0v) is 21.9. The number of carboxylic acids is 1. The van der Waals surface area contributed by atoms with E-state index in [1.54, 1.807) is 18.2 Å². The van der Waals surface area contributed by atoms with Crippen LogP contribution in [-0.4, -0.2) is 61.4 Å². The topological polar surface area (TPSA) is 89.9 Å². The van der Waals surface area contributed by atoms with Gasteiger partial charge in [0.05, 0.1) is 24.8 Å². The van der Waals surface area contributed by atoms with Crippen LogP contribution in [0.3, 0.4) is 0 Å². The van der Waals surface area contributed by atoms with E-state index in [1.165, 1.54) is 11.3 Å². The van der Waals surface area contributed by atoms with Gasteiger partial charge in [-0.1, -0.05) is 19.1 Å². The predicted octanol–water partition coefficient (Wildman–Crippen LogP) is 5.19. The Morgan fingerprint density at radius 3 is 2.49 bits per heavy atom. The van der Waals surface area contributed by atoms with Crippen LogP contribution in [0.2, 0.25) is 0 Å². The maximum atomic E-state index is 12.4. The molecule has 194 valence electrons. The third kappa shape index (κ3) is 4.72. The maximum Gasteiger partial charge on any atom is 0.339 e.